The molecule has 2 N–H and O–H groups in total. The molecule has 1 fully saturated rings. The number of aryl methyl sites for hydroxylation is 2. The maximum Gasteiger partial charge on any atom is 0.427 e. The van der Waals surface area contributed by atoms with Crippen molar-refractivity contribution in [2.75, 3.05) is 19.6 Å². The highest BCUT2D eigenvalue weighted by atomic mass is 19.4. The van der Waals surface area contributed by atoms with Crippen LogP contribution >= 0.6 is 0 Å². The number of hydrogen-bond acceptors (Lipinski definition) is 4. The topological polar surface area (TPSA) is 91.6 Å². The molecule has 4 rings (SSSR count). The van der Waals surface area contributed by atoms with Gasteiger partial charge in [-0.3, -0.25) is 14.4 Å². The van der Waals surface area contributed by atoms with Crippen LogP contribution in [0.5, 0.6) is 0 Å². The number of allylic oxidation sites excluding steroid dienone is 3. The smallest absolute Gasteiger partial charge is 0.427 e. The Hall–Kier alpha value is -4.01. The number of aliphatic carboxylic acids is 1. The van der Waals surface area contributed by atoms with Crippen molar-refractivity contribution in [1.82, 2.24) is 14.8 Å². The van der Waals surface area contributed by atoms with Crippen LogP contribution < -0.4 is 10.9 Å². The van der Waals surface area contributed by atoms with Gasteiger partial charge in [-0.15, -0.1) is 0 Å². The third-order valence-corrected chi connectivity index (χ3v) is 9.63. The van der Waals surface area contributed by atoms with Crippen LogP contribution in [0, 0.1) is 25.7 Å². The summed E-state index contributed by atoms with van der Waals surface area (Å²) in [5.74, 6) is -8.08. The Kier molecular flexibility index (Phi) is 11.6. The van der Waals surface area contributed by atoms with Crippen molar-refractivity contribution in [3.63, 3.8) is 0 Å². The van der Waals surface area contributed by atoms with E-state index in [4.69, 9.17) is 0 Å². The zero-order valence-electron chi connectivity index (χ0n) is 28.8. The number of likely N-dealkylation sites (tertiary alicyclic amines) is 1. The lowest BCUT2D eigenvalue weighted by atomic mass is 9.70. The molecule has 280 valence electrons. The van der Waals surface area contributed by atoms with E-state index in [1.165, 1.54) is 0 Å². The van der Waals surface area contributed by atoms with Gasteiger partial charge >= 0.3 is 18.3 Å². The van der Waals surface area contributed by atoms with E-state index in [2.05, 4.69) is 5.32 Å². The van der Waals surface area contributed by atoms with Crippen molar-refractivity contribution in [2.45, 2.75) is 90.4 Å². The highest BCUT2D eigenvalue weighted by molar-refractivity contribution is 5.84. The minimum absolute atomic E-state index is 0.145. The Labute approximate surface area is 290 Å². The van der Waals surface area contributed by atoms with Crippen LogP contribution in [0.4, 0.5) is 35.1 Å². The fourth-order valence-electron chi connectivity index (χ4n) is 6.96. The maximum atomic E-state index is 16.7. The molecule has 2 aliphatic rings. The fourth-order valence-corrected chi connectivity index (χ4v) is 6.96. The number of pyridine rings is 1. The van der Waals surface area contributed by atoms with Crippen molar-refractivity contribution in [3.8, 4) is 0 Å². The van der Waals surface area contributed by atoms with Gasteiger partial charge in [0.2, 0.25) is 11.6 Å². The number of nitrogens with one attached hydrogen (secondary N) is 1. The molecule has 51 heavy (non-hydrogen) atoms. The van der Waals surface area contributed by atoms with Gasteiger partial charge in [-0.05, 0) is 92.9 Å². The molecule has 1 amide bonds. The first kappa shape index (κ1) is 39.8. The zero-order chi connectivity index (χ0) is 38.2. The SMILES string of the molecule is CC1=CC(c2c(C)cccc2C)=C(F)C(C(CC(=O)O)NC(=O)C(CC(C)C)n2cc(CCN3CCC3)c(C(F)(F)F)cc2=O)C1(F)C(F)(F)F. The molecular weight excluding hydrogens is 690 g/mol. The number of benzene rings is 1. The Balaban J connectivity index is 1.87. The molecule has 15 heteroatoms. The first-order valence-corrected chi connectivity index (χ1v) is 16.5. The molecule has 2 heterocycles. The summed E-state index contributed by atoms with van der Waals surface area (Å²) in [5.41, 5.74) is -7.62. The molecule has 1 aromatic heterocycles. The molecular formula is C36H41F8N3O4. The second-order valence-corrected chi connectivity index (χ2v) is 13.8. The van der Waals surface area contributed by atoms with Crippen LogP contribution in [-0.4, -0.2) is 64.0 Å². The number of nitrogens with zero attached hydrogens (tertiary/aromatic N) is 2. The van der Waals surface area contributed by atoms with Crippen LogP contribution in [0.1, 0.15) is 73.9 Å². The second-order valence-electron chi connectivity index (χ2n) is 13.8. The maximum absolute atomic E-state index is 16.7. The molecule has 0 bridgehead atoms. The summed E-state index contributed by atoms with van der Waals surface area (Å²) < 4.78 is 120. The van der Waals surface area contributed by atoms with E-state index in [9.17, 15) is 45.8 Å². The van der Waals surface area contributed by atoms with Crippen LogP contribution in [0.15, 0.2) is 52.7 Å². The molecule has 1 saturated heterocycles. The van der Waals surface area contributed by atoms with E-state index in [-0.39, 0.29) is 30.5 Å². The molecule has 4 unspecified atom stereocenters. The summed E-state index contributed by atoms with van der Waals surface area (Å²) >= 11 is 0. The van der Waals surface area contributed by atoms with Crippen LogP contribution in [0.25, 0.3) is 5.57 Å². The van der Waals surface area contributed by atoms with E-state index in [1.807, 2.05) is 4.90 Å². The van der Waals surface area contributed by atoms with Crippen molar-refractivity contribution in [3.05, 3.63) is 86.1 Å². The van der Waals surface area contributed by atoms with Gasteiger partial charge in [0.15, 0.2) is 0 Å². The number of rotatable bonds is 12. The lowest BCUT2D eigenvalue weighted by Crippen LogP contribution is -2.59. The third-order valence-electron chi connectivity index (χ3n) is 9.63. The van der Waals surface area contributed by atoms with Crippen LogP contribution in [-0.2, 0) is 22.2 Å². The van der Waals surface area contributed by atoms with E-state index < -0.39 is 88.3 Å². The van der Waals surface area contributed by atoms with Gasteiger partial charge in [-0.1, -0.05) is 32.0 Å². The predicted molar refractivity (Wildman–Crippen MR) is 174 cm³/mol. The van der Waals surface area contributed by atoms with Gasteiger partial charge in [0, 0.05) is 24.4 Å². The average Bonchev–Trinajstić information content (AvgIpc) is 2.96. The van der Waals surface area contributed by atoms with Gasteiger partial charge in [-0.2, -0.15) is 26.3 Å². The minimum Gasteiger partial charge on any atom is -0.481 e. The van der Waals surface area contributed by atoms with Gasteiger partial charge in [0.25, 0.3) is 5.56 Å². The lowest BCUT2D eigenvalue weighted by Gasteiger charge is -2.42. The number of carboxylic acids is 1. The number of alkyl halides is 7. The summed E-state index contributed by atoms with van der Waals surface area (Å²) in [6, 6.07) is 1.05. The number of halogens is 8. The van der Waals surface area contributed by atoms with E-state index in [1.54, 1.807) is 45.9 Å². The largest absolute Gasteiger partial charge is 0.481 e. The highest BCUT2D eigenvalue weighted by Gasteiger charge is 2.66. The monoisotopic (exact) mass is 731 g/mol. The van der Waals surface area contributed by atoms with Gasteiger partial charge in [0.05, 0.1) is 23.9 Å². The Bertz CT molecular complexity index is 1750. The Morgan fingerprint density at radius 1 is 1.06 bits per heavy atom. The second kappa shape index (κ2) is 14.9. The normalized spacial score (nSPS) is 21.3. The lowest BCUT2D eigenvalue weighted by molar-refractivity contribution is -0.234. The van der Waals surface area contributed by atoms with Crippen LogP contribution in [0.2, 0.25) is 0 Å². The van der Waals surface area contributed by atoms with Gasteiger partial charge in [0.1, 0.15) is 11.9 Å². The number of aromatic nitrogens is 1. The molecule has 7 nitrogen and oxygen atoms in total. The summed E-state index contributed by atoms with van der Waals surface area (Å²) in [5, 5.41) is 11.9. The molecule has 2 aromatic rings. The van der Waals surface area contributed by atoms with Crippen molar-refractivity contribution in [1.29, 1.82) is 0 Å². The Morgan fingerprint density at radius 3 is 2.16 bits per heavy atom. The number of carbonyl (C=O) groups is 2. The zero-order valence-corrected chi connectivity index (χ0v) is 28.8. The molecule has 1 aromatic carbocycles. The first-order chi connectivity index (χ1) is 23.6. The first-order valence-electron chi connectivity index (χ1n) is 16.5. The predicted octanol–water partition coefficient (Wildman–Crippen LogP) is 7.51. The molecule has 0 radical (unpaired) electrons. The molecule has 4 atom stereocenters. The number of amides is 1. The quantitative estimate of drug-likeness (QED) is 0.221. The third kappa shape index (κ3) is 8.23. The van der Waals surface area contributed by atoms with E-state index >= 15 is 8.78 Å². The van der Waals surface area contributed by atoms with Crippen LogP contribution in [0.3, 0.4) is 0 Å². The fraction of sp³-hybridized carbons (Fsp3) is 0.528. The van der Waals surface area contributed by atoms with Gasteiger partial charge in [-0.25, -0.2) is 8.78 Å². The van der Waals surface area contributed by atoms with Crippen molar-refractivity contribution >= 4 is 17.4 Å². The number of carbonyl (C=O) groups excluding carboxylic acids is 1. The minimum atomic E-state index is -5.78. The summed E-state index contributed by atoms with van der Waals surface area (Å²) in [4.78, 5) is 41.2. The standard InChI is InChI=1S/C36H41F8N3O4/c1-19(2)14-27(47-18-23(10-13-46-11-7-12-46)25(16-28(47)48)35(39,40)41)33(51)45-26(17-29(49)50)31-32(37)24(30-20(3)8-6-9-21(30)4)15-22(5)34(31,38)36(42,43)44/h6,8-9,15-16,18-19,26-27,31H,7,10-14,17H2,1-5H3,(H,45,51)(H,49,50). The molecule has 1 aliphatic carbocycles. The van der Waals surface area contributed by atoms with E-state index in [0.717, 1.165) is 30.2 Å². The highest BCUT2D eigenvalue weighted by Crippen LogP contribution is 2.54. The summed E-state index contributed by atoms with van der Waals surface area (Å²) in [6.45, 7) is 8.71. The van der Waals surface area contributed by atoms with Crippen molar-refractivity contribution in [2.24, 2.45) is 11.8 Å². The molecule has 0 spiro atoms. The average molecular weight is 732 g/mol. The molecule has 0 saturated carbocycles. The number of hydrogen-bond donors (Lipinski definition) is 2. The number of carboxylic acid groups (broad SMARTS) is 1. The van der Waals surface area contributed by atoms with E-state index in [0.29, 0.717) is 30.3 Å². The summed E-state index contributed by atoms with van der Waals surface area (Å²) in [7, 11) is 0. The van der Waals surface area contributed by atoms with Gasteiger partial charge < -0.3 is 19.9 Å². The van der Waals surface area contributed by atoms with Crippen molar-refractivity contribution < 1.29 is 49.8 Å². The summed E-state index contributed by atoms with van der Waals surface area (Å²) in [6.07, 6.45) is -9.98. The Morgan fingerprint density at radius 2 is 1.67 bits per heavy atom. The molecule has 1 aliphatic heterocycles.